The molecule has 1 heterocycles. The van der Waals surface area contributed by atoms with Crippen LogP contribution >= 0.6 is 15.9 Å². The van der Waals surface area contributed by atoms with E-state index in [1.165, 1.54) is 0 Å². The van der Waals surface area contributed by atoms with Crippen LogP contribution in [-0.2, 0) is 4.79 Å². The van der Waals surface area contributed by atoms with Gasteiger partial charge in [-0.1, -0.05) is 19.3 Å². The molecule has 0 bridgehead atoms. The second-order valence-corrected chi connectivity index (χ2v) is 5.42. The molecule has 0 aliphatic heterocycles. The van der Waals surface area contributed by atoms with Gasteiger partial charge in [0, 0.05) is 12.4 Å². The lowest BCUT2D eigenvalue weighted by Gasteiger charge is -2.29. The molecule has 0 aromatic carbocycles. The SMILES string of the molecule is N#CC1(C(=O)Nc2ccncc2Br)CCCCC1. The lowest BCUT2D eigenvalue weighted by molar-refractivity contribution is -0.124. The summed E-state index contributed by atoms with van der Waals surface area (Å²) in [5.74, 6) is -0.198. The summed E-state index contributed by atoms with van der Waals surface area (Å²) >= 11 is 3.33. The Labute approximate surface area is 115 Å². The van der Waals surface area contributed by atoms with E-state index in [-0.39, 0.29) is 5.91 Å². The number of hydrogen-bond donors (Lipinski definition) is 1. The van der Waals surface area contributed by atoms with E-state index in [0.717, 1.165) is 23.7 Å². The molecule has 1 amide bonds. The molecule has 5 heteroatoms. The van der Waals surface area contributed by atoms with Crippen LogP contribution in [0.2, 0.25) is 0 Å². The van der Waals surface area contributed by atoms with E-state index >= 15 is 0 Å². The fourth-order valence-electron chi connectivity index (χ4n) is 2.26. The highest BCUT2D eigenvalue weighted by Crippen LogP contribution is 2.37. The van der Waals surface area contributed by atoms with Gasteiger partial charge in [-0.25, -0.2) is 0 Å². The summed E-state index contributed by atoms with van der Waals surface area (Å²) in [6.45, 7) is 0. The Morgan fingerprint density at radius 1 is 1.44 bits per heavy atom. The topological polar surface area (TPSA) is 65.8 Å². The third-order valence-electron chi connectivity index (χ3n) is 3.38. The molecule has 1 aliphatic rings. The van der Waals surface area contributed by atoms with Gasteiger partial charge < -0.3 is 5.32 Å². The van der Waals surface area contributed by atoms with Crippen molar-refractivity contribution in [3.8, 4) is 6.07 Å². The number of hydrogen-bond acceptors (Lipinski definition) is 3. The molecule has 18 heavy (non-hydrogen) atoms. The minimum Gasteiger partial charge on any atom is -0.324 e. The summed E-state index contributed by atoms with van der Waals surface area (Å²) in [4.78, 5) is 16.2. The van der Waals surface area contributed by atoms with Crippen LogP contribution in [0.25, 0.3) is 0 Å². The number of halogens is 1. The summed E-state index contributed by atoms with van der Waals surface area (Å²) < 4.78 is 0.724. The Morgan fingerprint density at radius 3 is 2.78 bits per heavy atom. The smallest absolute Gasteiger partial charge is 0.244 e. The fourth-order valence-corrected chi connectivity index (χ4v) is 2.61. The molecular formula is C13H14BrN3O. The van der Waals surface area contributed by atoms with E-state index in [1.807, 2.05) is 0 Å². The number of aromatic nitrogens is 1. The predicted octanol–water partition coefficient (Wildman–Crippen LogP) is 3.26. The summed E-state index contributed by atoms with van der Waals surface area (Å²) in [5, 5.41) is 12.1. The molecule has 0 atom stereocenters. The van der Waals surface area contributed by atoms with E-state index in [0.29, 0.717) is 18.5 Å². The van der Waals surface area contributed by atoms with Crippen molar-refractivity contribution in [3.63, 3.8) is 0 Å². The van der Waals surface area contributed by atoms with Crippen molar-refractivity contribution in [2.24, 2.45) is 5.41 Å². The van der Waals surface area contributed by atoms with Gasteiger partial charge in [0.15, 0.2) is 0 Å². The van der Waals surface area contributed by atoms with Gasteiger partial charge in [-0.3, -0.25) is 9.78 Å². The highest BCUT2D eigenvalue weighted by molar-refractivity contribution is 9.10. The maximum Gasteiger partial charge on any atom is 0.244 e. The van der Waals surface area contributed by atoms with Gasteiger partial charge in [-0.2, -0.15) is 5.26 Å². The molecule has 1 saturated carbocycles. The molecule has 0 saturated heterocycles. The minimum absolute atomic E-state index is 0.198. The first-order valence-corrected chi connectivity index (χ1v) is 6.79. The third-order valence-corrected chi connectivity index (χ3v) is 4.01. The highest BCUT2D eigenvalue weighted by Gasteiger charge is 2.39. The molecule has 4 nitrogen and oxygen atoms in total. The molecule has 0 radical (unpaired) electrons. The Bertz CT molecular complexity index is 489. The quantitative estimate of drug-likeness (QED) is 0.912. The van der Waals surface area contributed by atoms with Crippen LogP contribution in [0, 0.1) is 16.7 Å². The average molecular weight is 308 g/mol. The van der Waals surface area contributed by atoms with E-state index < -0.39 is 5.41 Å². The minimum atomic E-state index is -0.860. The molecular weight excluding hydrogens is 294 g/mol. The third kappa shape index (κ3) is 2.54. The van der Waals surface area contributed by atoms with Gasteiger partial charge in [0.25, 0.3) is 0 Å². The number of rotatable bonds is 2. The second-order valence-electron chi connectivity index (χ2n) is 4.56. The van der Waals surface area contributed by atoms with Crippen molar-refractivity contribution >= 4 is 27.5 Å². The molecule has 1 aliphatic carbocycles. The Hall–Kier alpha value is -1.41. The Balaban J connectivity index is 2.16. The van der Waals surface area contributed by atoms with Crippen molar-refractivity contribution in [1.82, 2.24) is 4.98 Å². The number of amides is 1. The van der Waals surface area contributed by atoms with E-state index in [9.17, 15) is 10.1 Å². The number of anilines is 1. The Morgan fingerprint density at radius 2 is 2.17 bits per heavy atom. The molecule has 1 N–H and O–H groups in total. The molecule has 1 aromatic heterocycles. The molecule has 0 unspecified atom stereocenters. The summed E-state index contributed by atoms with van der Waals surface area (Å²) in [6.07, 6.45) is 7.53. The van der Waals surface area contributed by atoms with E-state index in [4.69, 9.17) is 0 Å². The fraction of sp³-hybridized carbons (Fsp3) is 0.462. The maximum absolute atomic E-state index is 12.3. The van der Waals surface area contributed by atoms with E-state index in [2.05, 4.69) is 32.3 Å². The number of carbonyl (C=O) groups excluding carboxylic acids is 1. The summed E-state index contributed by atoms with van der Waals surface area (Å²) in [6, 6.07) is 3.93. The summed E-state index contributed by atoms with van der Waals surface area (Å²) in [7, 11) is 0. The van der Waals surface area contributed by atoms with Crippen molar-refractivity contribution < 1.29 is 4.79 Å². The molecule has 1 fully saturated rings. The van der Waals surface area contributed by atoms with Gasteiger partial charge in [0.1, 0.15) is 5.41 Å². The van der Waals surface area contributed by atoms with Gasteiger partial charge in [0.05, 0.1) is 16.2 Å². The molecule has 2 rings (SSSR count). The highest BCUT2D eigenvalue weighted by atomic mass is 79.9. The van der Waals surface area contributed by atoms with Crippen molar-refractivity contribution in [1.29, 1.82) is 5.26 Å². The molecule has 94 valence electrons. The number of nitrogens with zero attached hydrogens (tertiary/aromatic N) is 2. The first kappa shape index (κ1) is 13.0. The van der Waals surface area contributed by atoms with E-state index in [1.54, 1.807) is 18.5 Å². The van der Waals surface area contributed by atoms with Crippen molar-refractivity contribution in [3.05, 3.63) is 22.9 Å². The zero-order valence-electron chi connectivity index (χ0n) is 9.95. The van der Waals surface area contributed by atoms with Crippen LogP contribution < -0.4 is 5.32 Å². The lowest BCUT2D eigenvalue weighted by Crippen LogP contribution is -2.36. The van der Waals surface area contributed by atoms with Crippen LogP contribution in [0.5, 0.6) is 0 Å². The summed E-state index contributed by atoms with van der Waals surface area (Å²) in [5.41, 5.74) is -0.198. The zero-order valence-corrected chi connectivity index (χ0v) is 11.5. The van der Waals surface area contributed by atoms with Gasteiger partial charge in [0.2, 0.25) is 5.91 Å². The van der Waals surface area contributed by atoms with Gasteiger partial charge in [-0.05, 0) is 34.8 Å². The maximum atomic E-state index is 12.3. The first-order chi connectivity index (χ1) is 8.68. The van der Waals surface area contributed by atoms with Crippen LogP contribution in [0.4, 0.5) is 5.69 Å². The Kier molecular flexibility index (Phi) is 3.97. The van der Waals surface area contributed by atoms with Gasteiger partial charge >= 0.3 is 0 Å². The molecule has 1 aromatic rings. The van der Waals surface area contributed by atoms with Crippen molar-refractivity contribution in [2.75, 3.05) is 5.32 Å². The van der Waals surface area contributed by atoms with Crippen LogP contribution in [0.15, 0.2) is 22.9 Å². The largest absolute Gasteiger partial charge is 0.324 e. The number of carbonyl (C=O) groups is 1. The van der Waals surface area contributed by atoms with Crippen molar-refractivity contribution in [2.45, 2.75) is 32.1 Å². The predicted molar refractivity (Wildman–Crippen MR) is 71.7 cm³/mol. The van der Waals surface area contributed by atoms with Crippen LogP contribution in [0.3, 0.4) is 0 Å². The monoisotopic (exact) mass is 307 g/mol. The number of nitrogens with one attached hydrogen (secondary N) is 1. The van der Waals surface area contributed by atoms with Crippen LogP contribution in [0.1, 0.15) is 32.1 Å². The number of nitriles is 1. The second kappa shape index (κ2) is 5.49. The number of pyridine rings is 1. The zero-order chi connectivity index (χ0) is 13.0. The first-order valence-electron chi connectivity index (χ1n) is 6.00. The van der Waals surface area contributed by atoms with Gasteiger partial charge in [-0.15, -0.1) is 0 Å². The average Bonchev–Trinajstić information content (AvgIpc) is 2.42. The normalized spacial score (nSPS) is 17.8. The van der Waals surface area contributed by atoms with Crippen LogP contribution in [-0.4, -0.2) is 10.9 Å². The lowest BCUT2D eigenvalue weighted by atomic mass is 9.74. The standard InChI is InChI=1S/C13H14BrN3O/c14-10-8-16-7-4-11(10)17-12(18)13(9-15)5-2-1-3-6-13/h4,7-8H,1-3,5-6H2,(H,16,17,18). The molecule has 0 spiro atoms.